The molecule has 0 aromatic heterocycles. The second kappa shape index (κ2) is 6.48. The Balaban J connectivity index is 1.95. The molecule has 0 radical (unpaired) electrons. The van der Waals surface area contributed by atoms with Crippen molar-refractivity contribution < 1.29 is 8.76 Å². The topological polar surface area (TPSA) is 61.4 Å². The summed E-state index contributed by atoms with van der Waals surface area (Å²) in [4.78, 5) is 0. The summed E-state index contributed by atoms with van der Waals surface area (Å²) in [6.45, 7) is 2.65. The smallest absolute Gasteiger partial charge is 0.154 e. The fraction of sp³-hybridized carbons (Fsp3) is 1.00. The minimum absolute atomic E-state index is 0.326. The first-order chi connectivity index (χ1) is 6.29. The normalized spacial score (nSPS) is 25.8. The molecule has 0 aromatic carbocycles. The summed E-state index contributed by atoms with van der Waals surface area (Å²) in [7, 11) is 0. The van der Waals surface area contributed by atoms with Crippen molar-refractivity contribution in [3.63, 3.8) is 0 Å². The molecule has 1 saturated heterocycles. The lowest BCUT2D eigenvalue weighted by molar-refractivity contribution is 0.386. The highest BCUT2D eigenvalue weighted by Crippen LogP contribution is 2.05. The molecule has 1 aliphatic heterocycles. The van der Waals surface area contributed by atoms with Crippen LogP contribution in [0.15, 0.2) is 0 Å². The van der Waals surface area contributed by atoms with E-state index in [1.807, 2.05) is 0 Å². The quantitative estimate of drug-likeness (QED) is 0.436. The Kier molecular flexibility index (Phi) is 5.54. The summed E-state index contributed by atoms with van der Waals surface area (Å²) in [5.74, 6) is 0.326. The monoisotopic (exact) mass is 206 g/mol. The average molecular weight is 206 g/mol. The third-order valence-electron chi connectivity index (χ3n) is 2.26. The van der Waals surface area contributed by atoms with Crippen LogP contribution < -0.4 is 10.6 Å². The van der Waals surface area contributed by atoms with E-state index in [9.17, 15) is 4.21 Å². The van der Waals surface area contributed by atoms with Crippen LogP contribution >= 0.6 is 0 Å². The first kappa shape index (κ1) is 11.1. The molecule has 13 heavy (non-hydrogen) atoms. The summed E-state index contributed by atoms with van der Waals surface area (Å²) >= 11 is -1.65. The molecular weight excluding hydrogens is 188 g/mol. The fourth-order valence-corrected chi connectivity index (χ4v) is 1.85. The fourth-order valence-electron chi connectivity index (χ4n) is 1.53. The Bertz CT molecular complexity index is 160. The van der Waals surface area contributed by atoms with Gasteiger partial charge in [-0.1, -0.05) is 6.42 Å². The average Bonchev–Trinajstić information content (AvgIpc) is 2.14. The van der Waals surface area contributed by atoms with Crippen LogP contribution in [-0.4, -0.2) is 40.2 Å². The highest BCUT2D eigenvalue weighted by atomic mass is 32.2. The third-order valence-corrected chi connectivity index (χ3v) is 2.81. The van der Waals surface area contributed by atoms with Crippen molar-refractivity contribution in [2.45, 2.75) is 25.3 Å². The Morgan fingerprint density at radius 3 is 3.00 bits per heavy atom. The SMILES string of the molecule is O=S(O)CCNCC1CCCCN1. The molecule has 4 nitrogen and oxygen atoms in total. The molecule has 0 bridgehead atoms. The van der Waals surface area contributed by atoms with E-state index < -0.39 is 11.1 Å². The summed E-state index contributed by atoms with van der Waals surface area (Å²) < 4.78 is 18.8. The molecule has 2 atom stereocenters. The zero-order chi connectivity index (χ0) is 9.52. The first-order valence-electron chi connectivity index (χ1n) is 4.80. The molecule has 1 fully saturated rings. The largest absolute Gasteiger partial charge is 0.314 e. The number of piperidine rings is 1. The van der Waals surface area contributed by atoms with E-state index >= 15 is 0 Å². The van der Waals surface area contributed by atoms with Crippen LogP contribution in [0.4, 0.5) is 0 Å². The van der Waals surface area contributed by atoms with Gasteiger partial charge < -0.3 is 15.2 Å². The van der Waals surface area contributed by atoms with Crippen molar-refractivity contribution in [2.75, 3.05) is 25.4 Å². The van der Waals surface area contributed by atoms with Gasteiger partial charge in [0.1, 0.15) is 0 Å². The van der Waals surface area contributed by atoms with Crippen molar-refractivity contribution in [1.29, 1.82) is 0 Å². The van der Waals surface area contributed by atoms with Crippen molar-refractivity contribution in [2.24, 2.45) is 0 Å². The lowest BCUT2D eigenvalue weighted by atomic mass is 10.1. The molecular formula is C8H18N2O2S. The molecule has 5 heteroatoms. The van der Waals surface area contributed by atoms with Crippen molar-refractivity contribution in [3.8, 4) is 0 Å². The summed E-state index contributed by atoms with van der Waals surface area (Å²) in [6, 6.07) is 0.556. The zero-order valence-electron chi connectivity index (χ0n) is 7.79. The van der Waals surface area contributed by atoms with Gasteiger partial charge >= 0.3 is 0 Å². The maximum Gasteiger partial charge on any atom is 0.154 e. The van der Waals surface area contributed by atoms with E-state index in [0.717, 1.165) is 13.1 Å². The molecule has 1 rings (SSSR count). The minimum atomic E-state index is -1.65. The summed E-state index contributed by atoms with van der Waals surface area (Å²) in [5, 5.41) is 6.58. The Morgan fingerprint density at radius 2 is 2.38 bits per heavy atom. The standard InChI is InChI=1S/C8H18N2O2S/c11-13(12)6-5-9-7-8-3-1-2-4-10-8/h8-10H,1-7H2,(H,11,12). The highest BCUT2D eigenvalue weighted by molar-refractivity contribution is 7.79. The maximum atomic E-state index is 10.3. The molecule has 0 aromatic rings. The highest BCUT2D eigenvalue weighted by Gasteiger charge is 2.11. The molecule has 0 saturated carbocycles. The van der Waals surface area contributed by atoms with Gasteiger partial charge in [-0.15, -0.1) is 0 Å². The molecule has 78 valence electrons. The second-order valence-electron chi connectivity index (χ2n) is 3.38. The van der Waals surface area contributed by atoms with Gasteiger partial charge in [0.15, 0.2) is 11.1 Å². The van der Waals surface area contributed by atoms with E-state index in [-0.39, 0.29) is 0 Å². The van der Waals surface area contributed by atoms with Crippen LogP contribution in [0.5, 0.6) is 0 Å². The van der Waals surface area contributed by atoms with Gasteiger partial charge in [0.25, 0.3) is 0 Å². The van der Waals surface area contributed by atoms with Gasteiger partial charge in [0, 0.05) is 19.1 Å². The van der Waals surface area contributed by atoms with Crippen LogP contribution in [-0.2, 0) is 11.1 Å². The van der Waals surface area contributed by atoms with Gasteiger partial charge in [-0.3, -0.25) is 0 Å². The Labute approximate surface area is 81.8 Å². The van der Waals surface area contributed by atoms with E-state index in [0.29, 0.717) is 18.3 Å². The molecule has 0 aliphatic carbocycles. The van der Waals surface area contributed by atoms with Crippen LogP contribution in [0.2, 0.25) is 0 Å². The van der Waals surface area contributed by atoms with Gasteiger partial charge in [-0.25, -0.2) is 4.21 Å². The predicted molar refractivity (Wildman–Crippen MR) is 54.1 cm³/mol. The van der Waals surface area contributed by atoms with E-state index in [1.165, 1.54) is 19.3 Å². The van der Waals surface area contributed by atoms with Crippen LogP contribution in [0.1, 0.15) is 19.3 Å². The van der Waals surface area contributed by atoms with Crippen molar-refractivity contribution >= 4 is 11.1 Å². The van der Waals surface area contributed by atoms with Crippen molar-refractivity contribution in [3.05, 3.63) is 0 Å². The van der Waals surface area contributed by atoms with E-state index in [2.05, 4.69) is 10.6 Å². The Morgan fingerprint density at radius 1 is 1.54 bits per heavy atom. The summed E-state index contributed by atoms with van der Waals surface area (Å²) in [6.07, 6.45) is 3.79. The van der Waals surface area contributed by atoms with Crippen LogP contribution in [0.3, 0.4) is 0 Å². The van der Waals surface area contributed by atoms with Crippen LogP contribution in [0, 0.1) is 0 Å². The van der Waals surface area contributed by atoms with Gasteiger partial charge in [-0.2, -0.15) is 0 Å². The number of rotatable bonds is 5. The molecule has 2 unspecified atom stereocenters. The number of hydrogen-bond donors (Lipinski definition) is 3. The second-order valence-corrected chi connectivity index (χ2v) is 4.43. The van der Waals surface area contributed by atoms with Crippen LogP contribution in [0.25, 0.3) is 0 Å². The maximum absolute atomic E-state index is 10.3. The number of nitrogens with one attached hydrogen (secondary N) is 2. The van der Waals surface area contributed by atoms with E-state index in [4.69, 9.17) is 4.55 Å². The Hall–Kier alpha value is 0.0300. The minimum Gasteiger partial charge on any atom is -0.314 e. The molecule has 1 heterocycles. The molecule has 0 spiro atoms. The van der Waals surface area contributed by atoms with Gasteiger partial charge in [0.05, 0.1) is 5.75 Å². The van der Waals surface area contributed by atoms with Gasteiger partial charge in [-0.05, 0) is 19.4 Å². The molecule has 3 N–H and O–H groups in total. The summed E-state index contributed by atoms with van der Waals surface area (Å²) in [5.41, 5.74) is 0. The predicted octanol–water partition coefficient (Wildman–Crippen LogP) is -0.0602. The number of hydrogen-bond acceptors (Lipinski definition) is 3. The van der Waals surface area contributed by atoms with Gasteiger partial charge in [0.2, 0.25) is 0 Å². The third kappa shape index (κ3) is 5.36. The lowest BCUT2D eigenvalue weighted by Crippen LogP contribution is -2.42. The first-order valence-corrected chi connectivity index (χ1v) is 6.08. The zero-order valence-corrected chi connectivity index (χ0v) is 8.61. The van der Waals surface area contributed by atoms with Crippen molar-refractivity contribution in [1.82, 2.24) is 10.6 Å². The molecule has 0 amide bonds. The lowest BCUT2D eigenvalue weighted by Gasteiger charge is -2.23. The van der Waals surface area contributed by atoms with E-state index in [1.54, 1.807) is 0 Å². The molecule has 1 aliphatic rings.